The van der Waals surface area contributed by atoms with Crippen LogP contribution in [0.2, 0.25) is 0 Å². The number of methoxy groups -OCH3 is 1. The van der Waals surface area contributed by atoms with E-state index in [2.05, 4.69) is 4.72 Å². The van der Waals surface area contributed by atoms with Crippen molar-refractivity contribution < 1.29 is 31.1 Å². The molecule has 1 aromatic carbocycles. The van der Waals surface area contributed by atoms with Crippen molar-refractivity contribution in [2.45, 2.75) is 11.1 Å². The van der Waals surface area contributed by atoms with Crippen LogP contribution >= 0.6 is 0 Å². The number of nitrogens with one attached hydrogen (secondary N) is 2. The molecule has 22 heavy (non-hydrogen) atoms. The molecule has 0 bridgehead atoms. The first-order valence-corrected chi connectivity index (χ1v) is 7.57. The molecule has 0 aliphatic carbocycles. The van der Waals surface area contributed by atoms with Crippen LogP contribution in [0.1, 0.15) is 10.4 Å². The average molecular weight is 340 g/mol. The van der Waals surface area contributed by atoms with E-state index in [1.54, 1.807) is 5.32 Å². The van der Waals surface area contributed by atoms with Crippen LogP contribution in [0.25, 0.3) is 0 Å². The van der Waals surface area contributed by atoms with Gasteiger partial charge in [0.25, 0.3) is 5.91 Å². The van der Waals surface area contributed by atoms with Crippen molar-refractivity contribution >= 4 is 15.9 Å². The maximum atomic E-state index is 12.0. The third-order valence-corrected chi connectivity index (χ3v) is 3.91. The number of halogens is 3. The van der Waals surface area contributed by atoms with Crippen LogP contribution in [-0.4, -0.2) is 47.3 Å². The van der Waals surface area contributed by atoms with Gasteiger partial charge in [-0.05, 0) is 18.2 Å². The van der Waals surface area contributed by atoms with Gasteiger partial charge in [0, 0.05) is 19.2 Å². The summed E-state index contributed by atoms with van der Waals surface area (Å²) in [6.45, 7) is -1.30. The standard InChI is InChI=1S/C12H15F3N2O4S/c1-21-6-5-17-22(19,20)10-4-2-3-9(7-10)11(18)16-8-12(13,14)15/h2-4,7,17H,5-6,8H2,1H3,(H,16,18). The molecule has 6 nitrogen and oxygen atoms in total. The van der Waals surface area contributed by atoms with E-state index < -0.39 is 28.7 Å². The molecule has 0 unspecified atom stereocenters. The molecule has 0 saturated heterocycles. The molecule has 1 aromatic rings. The fourth-order valence-electron chi connectivity index (χ4n) is 1.45. The molecule has 0 aromatic heterocycles. The lowest BCUT2D eigenvalue weighted by molar-refractivity contribution is -0.123. The normalized spacial score (nSPS) is 12.2. The lowest BCUT2D eigenvalue weighted by atomic mass is 10.2. The van der Waals surface area contributed by atoms with E-state index in [0.717, 1.165) is 6.07 Å². The van der Waals surface area contributed by atoms with Crippen molar-refractivity contribution in [1.82, 2.24) is 10.0 Å². The summed E-state index contributed by atoms with van der Waals surface area (Å²) in [5, 5.41) is 1.67. The van der Waals surface area contributed by atoms with Crippen molar-refractivity contribution in [3.05, 3.63) is 29.8 Å². The monoisotopic (exact) mass is 340 g/mol. The second kappa shape index (κ2) is 7.56. The van der Waals surface area contributed by atoms with Gasteiger partial charge in [0.05, 0.1) is 11.5 Å². The van der Waals surface area contributed by atoms with E-state index in [9.17, 15) is 26.4 Å². The number of hydrogen-bond donors (Lipinski definition) is 2. The quantitative estimate of drug-likeness (QED) is 0.723. The third kappa shape index (κ3) is 6.00. The van der Waals surface area contributed by atoms with E-state index in [1.165, 1.54) is 25.3 Å². The smallest absolute Gasteiger partial charge is 0.383 e. The van der Waals surface area contributed by atoms with Gasteiger partial charge in [0.1, 0.15) is 6.54 Å². The van der Waals surface area contributed by atoms with E-state index in [0.29, 0.717) is 0 Å². The zero-order chi connectivity index (χ0) is 16.8. The predicted octanol–water partition coefficient (Wildman–Crippen LogP) is 0.903. The summed E-state index contributed by atoms with van der Waals surface area (Å²) in [6.07, 6.45) is -4.54. The number of ether oxygens (including phenoxy) is 1. The highest BCUT2D eigenvalue weighted by Crippen LogP contribution is 2.14. The number of amides is 1. The molecular weight excluding hydrogens is 325 g/mol. The Labute approximate surface area is 125 Å². The summed E-state index contributed by atoms with van der Waals surface area (Å²) >= 11 is 0. The first kappa shape index (κ1) is 18.4. The minimum atomic E-state index is -4.54. The van der Waals surface area contributed by atoms with Gasteiger partial charge in [0.2, 0.25) is 10.0 Å². The second-order valence-corrected chi connectivity index (χ2v) is 5.98. The highest BCUT2D eigenvalue weighted by atomic mass is 32.2. The highest BCUT2D eigenvalue weighted by Gasteiger charge is 2.28. The Kier molecular flexibility index (Phi) is 6.33. The summed E-state index contributed by atoms with van der Waals surface area (Å²) in [4.78, 5) is 11.4. The van der Waals surface area contributed by atoms with Crippen molar-refractivity contribution in [3.8, 4) is 0 Å². The number of hydrogen-bond acceptors (Lipinski definition) is 4. The van der Waals surface area contributed by atoms with Crippen molar-refractivity contribution in [2.24, 2.45) is 0 Å². The Bertz CT molecular complexity index is 617. The summed E-state index contributed by atoms with van der Waals surface area (Å²) in [5.74, 6) is -1.01. The van der Waals surface area contributed by atoms with E-state index in [4.69, 9.17) is 4.74 Å². The van der Waals surface area contributed by atoms with Crippen LogP contribution in [0.3, 0.4) is 0 Å². The molecular formula is C12H15F3N2O4S. The first-order valence-electron chi connectivity index (χ1n) is 6.09. The molecule has 124 valence electrons. The summed E-state index contributed by atoms with van der Waals surface area (Å²) in [6, 6.07) is 4.73. The Hall–Kier alpha value is -1.65. The number of sulfonamides is 1. The molecule has 0 aliphatic heterocycles. The Morgan fingerprint density at radius 1 is 1.32 bits per heavy atom. The lowest BCUT2D eigenvalue weighted by Crippen LogP contribution is -2.34. The van der Waals surface area contributed by atoms with Crippen LogP contribution in [0.4, 0.5) is 13.2 Å². The molecule has 0 fully saturated rings. The van der Waals surface area contributed by atoms with Gasteiger partial charge in [-0.25, -0.2) is 13.1 Å². The van der Waals surface area contributed by atoms with Crippen molar-refractivity contribution in [2.75, 3.05) is 26.8 Å². The van der Waals surface area contributed by atoms with Crippen LogP contribution < -0.4 is 10.0 Å². The van der Waals surface area contributed by atoms with Gasteiger partial charge in [-0.2, -0.15) is 13.2 Å². The van der Waals surface area contributed by atoms with Gasteiger partial charge in [-0.15, -0.1) is 0 Å². The molecule has 0 atom stereocenters. The molecule has 10 heteroatoms. The molecule has 0 spiro atoms. The third-order valence-electron chi connectivity index (χ3n) is 2.45. The molecule has 1 rings (SSSR count). The Balaban J connectivity index is 2.83. The van der Waals surface area contributed by atoms with Gasteiger partial charge < -0.3 is 10.1 Å². The fourth-order valence-corrected chi connectivity index (χ4v) is 2.51. The molecule has 2 N–H and O–H groups in total. The summed E-state index contributed by atoms with van der Waals surface area (Å²) < 4.78 is 66.9. The minimum absolute atomic E-state index is 0.0311. The lowest BCUT2D eigenvalue weighted by Gasteiger charge is -2.10. The molecule has 0 radical (unpaired) electrons. The van der Waals surface area contributed by atoms with E-state index in [-0.39, 0.29) is 23.6 Å². The SMILES string of the molecule is COCCNS(=O)(=O)c1cccc(C(=O)NCC(F)(F)F)c1. The van der Waals surface area contributed by atoms with Crippen LogP contribution in [0.15, 0.2) is 29.2 Å². The zero-order valence-corrected chi connectivity index (χ0v) is 12.4. The second-order valence-electron chi connectivity index (χ2n) is 4.22. The van der Waals surface area contributed by atoms with E-state index >= 15 is 0 Å². The Morgan fingerprint density at radius 3 is 2.59 bits per heavy atom. The number of benzene rings is 1. The highest BCUT2D eigenvalue weighted by molar-refractivity contribution is 7.89. The van der Waals surface area contributed by atoms with Gasteiger partial charge in [0.15, 0.2) is 0 Å². The zero-order valence-electron chi connectivity index (χ0n) is 11.6. The van der Waals surface area contributed by atoms with Gasteiger partial charge >= 0.3 is 6.18 Å². The molecule has 0 saturated carbocycles. The van der Waals surface area contributed by atoms with Crippen molar-refractivity contribution in [3.63, 3.8) is 0 Å². The Morgan fingerprint density at radius 2 is 2.00 bits per heavy atom. The summed E-state index contributed by atoms with van der Waals surface area (Å²) in [7, 11) is -2.46. The van der Waals surface area contributed by atoms with E-state index in [1.807, 2.05) is 0 Å². The largest absolute Gasteiger partial charge is 0.405 e. The first-order chi connectivity index (χ1) is 10.2. The number of carbonyl (C=O) groups is 1. The van der Waals surface area contributed by atoms with Crippen LogP contribution in [0.5, 0.6) is 0 Å². The maximum Gasteiger partial charge on any atom is 0.405 e. The van der Waals surface area contributed by atoms with Gasteiger partial charge in [-0.3, -0.25) is 4.79 Å². The predicted molar refractivity (Wildman–Crippen MR) is 71.9 cm³/mol. The fraction of sp³-hybridized carbons (Fsp3) is 0.417. The maximum absolute atomic E-state index is 12.0. The number of carbonyl (C=O) groups excluding carboxylic acids is 1. The average Bonchev–Trinajstić information content (AvgIpc) is 2.44. The van der Waals surface area contributed by atoms with Crippen LogP contribution in [-0.2, 0) is 14.8 Å². The molecule has 1 amide bonds. The summed E-state index contributed by atoms with van der Waals surface area (Å²) in [5.41, 5.74) is -0.182. The van der Waals surface area contributed by atoms with Crippen molar-refractivity contribution in [1.29, 1.82) is 0 Å². The van der Waals surface area contributed by atoms with Crippen LogP contribution in [0, 0.1) is 0 Å². The molecule has 0 aliphatic rings. The number of rotatable bonds is 7. The topological polar surface area (TPSA) is 84.5 Å². The molecule has 0 heterocycles. The minimum Gasteiger partial charge on any atom is -0.383 e. The van der Waals surface area contributed by atoms with Gasteiger partial charge in [-0.1, -0.05) is 6.07 Å². The number of alkyl halides is 3.